The van der Waals surface area contributed by atoms with Gasteiger partial charge in [0.2, 0.25) is 0 Å². The van der Waals surface area contributed by atoms with Crippen molar-refractivity contribution in [3.05, 3.63) is 0 Å². The van der Waals surface area contributed by atoms with Crippen molar-refractivity contribution >= 4 is 0 Å². The van der Waals surface area contributed by atoms with Gasteiger partial charge in [0.25, 0.3) is 0 Å². The van der Waals surface area contributed by atoms with Gasteiger partial charge in [-0.25, -0.2) is 0 Å². The summed E-state index contributed by atoms with van der Waals surface area (Å²) in [6.07, 6.45) is 8.02. The molecule has 0 aromatic heterocycles. The van der Waals surface area contributed by atoms with Gasteiger partial charge in [-0.2, -0.15) is 0 Å². The molecule has 0 aromatic carbocycles. The number of hydrogen-bond donors (Lipinski definition) is 0. The third kappa shape index (κ3) is 5.64. The van der Waals surface area contributed by atoms with Gasteiger partial charge in [0.05, 0.1) is 6.10 Å². The van der Waals surface area contributed by atoms with Crippen LogP contribution in [0.4, 0.5) is 0 Å². The Hall–Kier alpha value is -0.0400. The first-order valence-corrected chi connectivity index (χ1v) is 6.41. The highest BCUT2D eigenvalue weighted by Crippen LogP contribution is 2.22. The zero-order valence-electron chi connectivity index (χ0n) is 10.5. The molecule has 0 heterocycles. The van der Waals surface area contributed by atoms with Crippen LogP contribution in [-0.4, -0.2) is 12.7 Å². The smallest absolute Gasteiger partial charge is 0.0603 e. The largest absolute Gasteiger partial charge is 0.378 e. The zero-order chi connectivity index (χ0) is 10.8. The Balaban J connectivity index is 3.97. The predicted molar refractivity (Wildman–Crippen MR) is 63.6 cm³/mol. The number of hydrogen-bond acceptors (Lipinski definition) is 1. The molecule has 86 valence electrons. The molecule has 14 heavy (non-hydrogen) atoms. The molecule has 0 bridgehead atoms. The summed E-state index contributed by atoms with van der Waals surface area (Å²) in [4.78, 5) is 0. The van der Waals surface area contributed by atoms with Gasteiger partial charge in [0, 0.05) is 6.61 Å². The van der Waals surface area contributed by atoms with Crippen LogP contribution in [0.5, 0.6) is 0 Å². The van der Waals surface area contributed by atoms with Gasteiger partial charge < -0.3 is 4.74 Å². The molecule has 0 fully saturated rings. The Morgan fingerprint density at radius 3 is 1.93 bits per heavy atom. The summed E-state index contributed by atoms with van der Waals surface area (Å²) >= 11 is 0. The fourth-order valence-corrected chi connectivity index (χ4v) is 2.03. The van der Waals surface area contributed by atoms with Crippen molar-refractivity contribution in [2.45, 2.75) is 72.3 Å². The molecule has 0 saturated heterocycles. The lowest BCUT2D eigenvalue weighted by atomic mass is 9.91. The first-order valence-electron chi connectivity index (χ1n) is 6.41. The SMILES string of the molecule is CCCOC(CCC)C(CC)CCC. The highest BCUT2D eigenvalue weighted by atomic mass is 16.5. The summed E-state index contributed by atoms with van der Waals surface area (Å²) in [7, 11) is 0. The van der Waals surface area contributed by atoms with Crippen LogP contribution >= 0.6 is 0 Å². The molecule has 0 spiro atoms. The van der Waals surface area contributed by atoms with E-state index < -0.39 is 0 Å². The molecule has 0 aliphatic heterocycles. The maximum absolute atomic E-state index is 5.94. The van der Waals surface area contributed by atoms with Crippen molar-refractivity contribution in [3.8, 4) is 0 Å². The zero-order valence-corrected chi connectivity index (χ0v) is 10.5. The minimum atomic E-state index is 0.518. The van der Waals surface area contributed by atoms with Crippen LogP contribution in [0.3, 0.4) is 0 Å². The molecule has 0 amide bonds. The highest BCUT2D eigenvalue weighted by Gasteiger charge is 2.18. The van der Waals surface area contributed by atoms with Crippen LogP contribution in [-0.2, 0) is 4.74 Å². The minimum absolute atomic E-state index is 0.518. The van der Waals surface area contributed by atoms with Crippen LogP contribution in [0.15, 0.2) is 0 Å². The quantitative estimate of drug-likeness (QED) is 0.536. The van der Waals surface area contributed by atoms with E-state index >= 15 is 0 Å². The molecule has 0 radical (unpaired) electrons. The van der Waals surface area contributed by atoms with Gasteiger partial charge in [-0.3, -0.25) is 0 Å². The first-order chi connectivity index (χ1) is 6.79. The second-order valence-corrected chi connectivity index (χ2v) is 4.15. The summed E-state index contributed by atoms with van der Waals surface area (Å²) in [6, 6.07) is 0. The molecule has 0 rings (SSSR count). The number of rotatable bonds is 9. The topological polar surface area (TPSA) is 9.23 Å². The summed E-state index contributed by atoms with van der Waals surface area (Å²) in [5.41, 5.74) is 0. The van der Waals surface area contributed by atoms with E-state index in [1.807, 2.05) is 0 Å². The van der Waals surface area contributed by atoms with Gasteiger partial charge in [-0.05, 0) is 25.2 Å². The lowest BCUT2D eigenvalue weighted by Crippen LogP contribution is -2.24. The summed E-state index contributed by atoms with van der Waals surface area (Å²) in [5.74, 6) is 0.784. The number of ether oxygens (including phenoxy) is 1. The normalized spacial score (nSPS) is 15.4. The Morgan fingerprint density at radius 1 is 0.857 bits per heavy atom. The molecule has 0 N–H and O–H groups in total. The van der Waals surface area contributed by atoms with E-state index in [1.165, 1.54) is 32.1 Å². The molecule has 0 aliphatic rings. The Kier molecular flexibility index (Phi) is 9.49. The van der Waals surface area contributed by atoms with Gasteiger partial charge in [0.15, 0.2) is 0 Å². The van der Waals surface area contributed by atoms with Gasteiger partial charge in [-0.15, -0.1) is 0 Å². The molecule has 0 aromatic rings. The van der Waals surface area contributed by atoms with Crippen molar-refractivity contribution in [1.29, 1.82) is 0 Å². The second kappa shape index (κ2) is 9.51. The molecule has 2 unspecified atom stereocenters. The van der Waals surface area contributed by atoms with E-state index in [0.717, 1.165) is 18.9 Å². The van der Waals surface area contributed by atoms with E-state index in [9.17, 15) is 0 Å². The van der Waals surface area contributed by atoms with Crippen LogP contribution in [0.25, 0.3) is 0 Å². The van der Waals surface area contributed by atoms with Crippen molar-refractivity contribution in [3.63, 3.8) is 0 Å². The van der Waals surface area contributed by atoms with Crippen molar-refractivity contribution < 1.29 is 4.74 Å². The molecular weight excluding hydrogens is 172 g/mol. The standard InChI is InChI=1S/C13H28O/c1-5-9-12(8-4)13(10-6-2)14-11-7-3/h12-13H,5-11H2,1-4H3. The van der Waals surface area contributed by atoms with E-state index in [1.54, 1.807) is 0 Å². The second-order valence-electron chi connectivity index (χ2n) is 4.15. The van der Waals surface area contributed by atoms with Gasteiger partial charge >= 0.3 is 0 Å². The minimum Gasteiger partial charge on any atom is -0.378 e. The van der Waals surface area contributed by atoms with Gasteiger partial charge in [0.1, 0.15) is 0 Å². The Labute approximate surface area is 90.2 Å². The Morgan fingerprint density at radius 2 is 1.50 bits per heavy atom. The van der Waals surface area contributed by atoms with Crippen molar-refractivity contribution in [2.75, 3.05) is 6.61 Å². The van der Waals surface area contributed by atoms with E-state index in [0.29, 0.717) is 6.10 Å². The third-order valence-electron chi connectivity index (χ3n) is 2.82. The van der Waals surface area contributed by atoms with Crippen LogP contribution in [0.1, 0.15) is 66.2 Å². The predicted octanol–water partition coefficient (Wildman–Crippen LogP) is 4.41. The fourth-order valence-electron chi connectivity index (χ4n) is 2.03. The molecule has 0 saturated carbocycles. The molecular formula is C13H28O. The van der Waals surface area contributed by atoms with Crippen LogP contribution in [0.2, 0.25) is 0 Å². The van der Waals surface area contributed by atoms with E-state index in [4.69, 9.17) is 4.74 Å². The van der Waals surface area contributed by atoms with E-state index in [-0.39, 0.29) is 0 Å². The fraction of sp³-hybridized carbons (Fsp3) is 1.00. The average Bonchev–Trinajstić information content (AvgIpc) is 2.21. The lowest BCUT2D eigenvalue weighted by molar-refractivity contribution is 0.00233. The summed E-state index contributed by atoms with van der Waals surface area (Å²) in [6.45, 7) is 9.93. The molecule has 1 nitrogen and oxygen atoms in total. The third-order valence-corrected chi connectivity index (χ3v) is 2.82. The summed E-state index contributed by atoms with van der Waals surface area (Å²) < 4.78 is 5.94. The molecule has 2 atom stereocenters. The first kappa shape index (κ1) is 14.0. The Bertz CT molecular complexity index is 112. The average molecular weight is 200 g/mol. The molecule has 1 heteroatoms. The van der Waals surface area contributed by atoms with Crippen LogP contribution in [0, 0.1) is 5.92 Å². The maximum Gasteiger partial charge on any atom is 0.0603 e. The van der Waals surface area contributed by atoms with Crippen molar-refractivity contribution in [1.82, 2.24) is 0 Å². The van der Waals surface area contributed by atoms with Crippen LogP contribution < -0.4 is 0 Å². The van der Waals surface area contributed by atoms with E-state index in [2.05, 4.69) is 27.7 Å². The van der Waals surface area contributed by atoms with Crippen molar-refractivity contribution in [2.24, 2.45) is 5.92 Å². The lowest BCUT2D eigenvalue weighted by Gasteiger charge is -2.26. The van der Waals surface area contributed by atoms with Gasteiger partial charge in [-0.1, -0.05) is 47.0 Å². The molecule has 0 aliphatic carbocycles. The summed E-state index contributed by atoms with van der Waals surface area (Å²) in [5, 5.41) is 0. The highest BCUT2D eigenvalue weighted by molar-refractivity contribution is 4.68. The maximum atomic E-state index is 5.94. The monoisotopic (exact) mass is 200 g/mol.